The van der Waals surface area contributed by atoms with Gasteiger partial charge in [0.1, 0.15) is 9.86 Å². The minimum absolute atomic E-state index is 0.348. The zero-order valence-electron chi connectivity index (χ0n) is 10.0. The molecule has 1 unspecified atom stereocenters. The number of hydrogen-bond donors (Lipinski definition) is 2. The van der Waals surface area contributed by atoms with Crippen LogP contribution in [0.5, 0.6) is 0 Å². The third-order valence-corrected chi connectivity index (χ3v) is 3.97. The summed E-state index contributed by atoms with van der Waals surface area (Å²) in [5.41, 5.74) is 8.26. The summed E-state index contributed by atoms with van der Waals surface area (Å²) < 4.78 is 0.610. The normalized spacial score (nSPS) is 19.3. The number of aromatic amines is 1. The molecule has 0 bridgehead atoms. The quantitative estimate of drug-likeness (QED) is 0.880. The molecule has 3 rings (SSSR count). The lowest BCUT2D eigenvalue weighted by atomic mass is 10.2. The standard InChI is InChI=1S/C11H11ClN6S/c1-6-2-3-14-11(17-6)18-8(7-4-15-16-5-7)9(12)19-10(18)13/h2-5,10H,13H2,1H3,(H,15,16). The largest absolute Gasteiger partial charge is 0.302 e. The molecule has 3 heterocycles. The fraction of sp³-hybridized carbons (Fsp3) is 0.182. The van der Waals surface area contributed by atoms with Crippen LogP contribution in [-0.4, -0.2) is 25.7 Å². The monoisotopic (exact) mass is 294 g/mol. The van der Waals surface area contributed by atoms with Crippen LogP contribution in [0.3, 0.4) is 0 Å². The second-order valence-corrected chi connectivity index (χ2v) is 5.71. The maximum absolute atomic E-state index is 6.27. The smallest absolute Gasteiger partial charge is 0.232 e. The van der Waals surface area contributed by atoms with Gasteiger partial charge in [-0.15, -0.1) is 0 Å². The molecule has 3 N–H and O–H groups in total. The molecular weight excluding hydrogens is 284 g/mol. The van der Waals surface area contributed by atoms with Gasteiger partial charge >= 0.3 is 0 Å². The Kier molecular flexibility index (Phi) is 3.17. The predicted octanol–water partition coefficient (Wildman–Crippen LogP) is 1.87. The van der Waals surface area contributed by atoms with E-state index < -0.39 is 0 Å². The van der Waals surface area contributed by atoms with E-state index in [0.717, 1.165) is 17.0 Å². The molecule has 0 aliphatic carbocycles. The van der Waals surface area contributed by atoms with Crippen molar-refractivity contribution >= 4 is 35.0 Å². The van der Waals surface area contributed by atoms with Gasteiger partial charge in [-0.05, 0) is 13.0 Å². The van der Waals surface area contributed by atoms with Crippen molar-refractivity contribution in [1.82, 2.24) is 20.2 Å². The van der Waals surface area contributed by atoms with E-state index >= 15 is 0 Å². The second kappa shape index (κ2) is 4.84. The van der Waals surface area contributed by atoms with Crippen LogP contribution < -0.4 is 10.6 Å². The molecular formula is C11H11ClN6S. The van der Waals surface area contributed by atoms with Crippen molar-refractivity contribution in [3.8, 4) is 0 Å². The minimum Gasteiger partial charge on any atom is -0.302 e. The van der Waals surface area contributed by atoms with Gasteiger partial charge in [-0.3, -0.25) is 10.00 Å². The van der Waals surface area contributed by atoms with Crippen molar-refractivity contribution in [3.05, 3.63) is 40.3 Å². The number of rotatable bonds is 2. The van der Waals surface area contributed by atoms with Crippen molar-refractivity contribution < 1.29 is 0 Å². The summed E-state index contributed by atoms with van der Waals surface area (Å²) in [5.74, 6) is 0.534. The fourth-order valence-corrected chi connectivity index (χ4v) is 3.15. The van der Waals surface area contributed by atoms with E-state index in [1.54, 1.807) is 18.6 Å². The fourth-order valence-electron chi connectivity index (χ4n) is 1.83. The van der Waals surface area contributed by atoms with Crippen LogP contribution in [0.25, 0.3) is 5.70 Å². The number of aromatic nitrogens is 4. The molecule has 0 fully saturated rings. The van der Waals surface area contributed by atoms with E-state index in [-0.39, 0.29) is 5.50 Å². The Morgan fingerprint density at radius 2 is 2.37 bits per heavy atom. The van der Waals surface area contributed by atoms with E-state index in [2.05, 4.69) is 20.2 Å². The first-order chi connectivity index (χ1) is 9.16. The Hall–Kier alpha value is -1.57. The van der Waals surface area contributed by atoms with Crippen molar-refractivity contribution in [2.45, 2.75) is 12.4 Å². The first-order valence-corrected chi connectivity index (χ1v) is 6.82. The molecule has 1 aliphatic rings. The predicted molar refractivity (Wildman–Crippen MR) is 76.2 cm³/mol. The highest BCUT2D eigenvalue weighted by Crippen LogP contribution is 2.44. The summed E-state index contributed by atoms with van der Waals surface area (Å²) in [5, 5.41) is 6.70. The number of H-pyrrole nitrogens is 1. The van der Waals surface area contributed by atoms with E-state index in [0.29, 0.717) is 10.3 Å². The molecule has 19 heavy (non-hydrogen) atoms. The van der Waals surface area contributed by atoms with Crippen LogP contribution in [0.1, 0.15) is 11.3 Å². The third-order valence-electron chi connectivity index (χ3n) is 2.68. The van der Waals surface area contributed by atoms with Gasteiger partial charge in [-0.2, -0.15) is 5.10 Å². The molecule has 0 spiro atoms. The average Bonchev–Trinajstić information content (AvgIpc) is 2.96. The Balaban J connectivity index is 2.08. The first-order valence-electron chi connectivity index (χ1n) is 5.57. The first kappa shape index (κ1) is 12.5. The van der Waals surface area contributed by atoms with E-state index in [9.17, 15) is 0 Å². The lowest BCUT2D eigenvalue weighted by Crippen LogP contribution is -2.35. The van der Waals surface area contributed by atoms with Gasteiger partial charge in [0.25, 0.3) is 0 Å². The number of nitrogens with two attached hydrogens (primary N) is 1. The second-order valence-electron chi connectivity index (χ2n) is 3.99. The maximum Gasteiger partial charge on any atom is 0.232 e. The lowest BCUT2D eigenvalue weighted by Gasteiger charge is -2.23. The number of halogens is 1. The summed E-state index contributed by atoms with van der Waals surface area (Å²) in [6.45, 7) is 1.91. The number of hydrogen-bond acceptors (Lipinski definition) is 6. The molecule has 98 valence electrons. The zero-order valence-corrected chi connectivity index (χ0v) is 11.6. The molecule has 0 radical (unpaired) electrons. The van der Waals surface area contributed by atoms with Crippen molar-refractivity contribution in [2.24, 2.45) is 5.73 Å². The minimum atomic E-state index is -0.348. The van der Waals surface area contributed by atoms with E-state index in [1.165, 1.54) is 11.8 Å². The van der Waals surface area contributed by atoms with Gasteiger partial charge in [0.15, 0.2) is 0 Å². The van der Waals surface area contributed by atoms with Crippen LogP contribution >= 0.6 is 23.4 Å². The Bertz CT molecular complexity index is 626. The van der Waals surface area contributed by atoms with Gasteiger partial charge in [-0.1, -0.05) is 23.4 Å². The zero-order chi connectivity index (χ0) is 13.4. The molecule has 0 saturated heterocycles. The highest BCUT2D eigenvalue weighted by Gasteiger charge is 2.33. The lowest BCUT2D eigenvalue weighted by molar-refractivity contribution is 0.880. The Labute approximate surface area is 119 Å². The number of aryl methyl sites for hydroxylation is 1. The van der Waals surface area contributed by atoms with Gasteiger partial charge in [0, 0.05) is 23.7 Å². The van der Waals surface area contributed by atoms with Crippen LogP contribution in [0, 0.1) is 6.92 Å². The van der Waals surface area contributed by atoms with Gasteiger partial charge in [-0.25, -0.2) is 9.97 Å². The van der Waals surface area contributed by atoms with Crippen LogP contribution in [0.4, 0.5) is 5.95 Å². The highest BCUT2D eigenvalue weighted by atomic mass is 35.5. The summed E-state index contributed by atoms with van der Waals surface area (Å²) >= 11 is 7.64. The van der Waals surface area contributed by atoms with Crippen molar-refractivity contribution in [2.75, 3.05) is 4.90 Å². The average molecular weight is 295 g/mol. The molecule has 0 aromatic carbocycles. The topological polar surface area (TPSA) is 83.7 Å². The van der Waals surface area contributed by atoms with Gasteiger partial charge in [0.2, 0.25) is 5.95 Å². The molecule has 2 aromatic rings. The number of nitrogens with zero attached hydrogens (tertiary/aromatic N) is 4. The molecule has 6 nitrogen and oxygen atoms in total. The number of anilines is 1. The van der Waals surface area contributed by atoms with Crippen LogP contribution in [-0.2, 0) is 0 Å². The van der Waals surface area contributed by atoms with Crippen LogP contribution in [0.15, 0.2) is 29.0 Å². The van der Waals surface area contributed by atoms with E-state index in [4.69, 9.17) is 17.3 Å². The van der Waals surface area contributed by atoms with Crippen molar-refractivity contribution in [1.29, 1.82) is 0 Å². The van der Waals surface area contributed by atoms with Crippen molar-refractivity contribution in [3.63, 3.8) is 0 Å². The third kappa shape index (κ3) is 2.20. The summed E-state index contributed by atoms with van der Waals surface area (Å²) in [6.07, 6.45) is 5.16. The van der Waals surface area contributed by atoms with Gasteiger partial charge < -0.3 is 5.73 Å². The molecule has 1 aliphatic heterocycles. The SMILES string of the molecule is Cc1ccnc(N2C(c3cn[nH]c3)=C(Cl)SC2N)n1. The molecule has 0 amide bonds. The van der Waals surface area contributed by atoms with E-state index in [1.807, 2.05) is 17.9 Å². The molecule has 8 heteroatoms. The van der Waals surface area contributed by atoms with Gasteiger partial charge in [0.05, 0.1) is 11.9 Å². The van der Waals surface area contributed by atoms with Crippen LogP contribution in [0.2, 0.25) is 0 Å². The highest BCUT2D eigenvalue weighted by molar-refractivity contribution is 8.05. The maximum atomic E-state index is 6.27. The summed E-state index contributed by atoms with van der Waals surface area (Å²) in [7, 11) is 0. The number of thioether (sulfide) groups is 1. The summed E-state index contributed by atoms with van der Waals surface area (Å²) in [4.78, 5) is 10.5. The molecule has 0 saturated carbocycles. The Morgan fingerprint density at radius 3 is 3.05 bits per heavy atom. The summed E-state index contributed by atoms with van der Waals surface area (Å²) in [6, 6.07) is 1.83. The molecule has 2 aromatic heterocycles. The number of nitrogens with one attached hydrogen (secondary N) is 1. The molecule has 1 atom stereocenters. The Morgan fingerprint density at radius 1 is 1.53 bits per heavy atom.